The number of carbonyl (C=O) groups is 2. The maximum Gasteiger partial charge on any atom is 0.416 e. The fourth-order valence-electron chi connectivity index (χ4n) is 4.72. The predicted molar refractivity (Wildman–Crippen MR) is 159 cm³/mol. The molecule has 1 aromatic heterocycles. The third-order valence-electron chi connectivity index (χ3n) is 6.95. The van der Waals surface area contributed by atoms with Gasteiger partial charge in [-0.1, -0.05) is 43.1 Å². The second kappa shape index (κ2) is 15.0. The number of anilines is 1. The van der Waals surface area contributed by atoms with Crippen LogP contribution in [-0.4, -0.2) is 47.3 Å². The van der Waals surface area contributed by atoms with Gasteiger partial charge < -0.3 is 19.7 Å². The van der Waals surface area contributed by atoms with Crippen LogP contribution in [0.15, 0.2) is 60.7 Å². The molecular weight excluding hydrogens is 588 g/mol. The highest BCUT2D eigenvalue weighted by Crippen LogP contribution is 2.34. The molecule has 230 valence electrons. The number of amides is 1. The van der Waals surface area contributed by atoms with Gasteiger partial charge in [0.2, 0.25) is 5.91 Å². The molecule has 2 heterocycles. The lowest BCUT2D eigenvalue weighted by atomic mass is 9.86. The number of thiol groups is 1. The molecule has 0 bridgehead atoms. The van der Waals surface area contributed by atoms with E-state index in [1.165, 1.54) is 0 Å². The quantitative estimate of drug-likeness (QED) is 0.123. The van der Waals surface area contributed by atoms with Crippen molar-refractivity contribution in [2.45, 2.75) is 25.4 Å². The summed E-state index contributed by atoms with van der Waals surface area (Å²) in [5, 5.41) is 9.30. The molecule has 3 aromatic carbocycles. The summed E-state index contributed by atoms with van der Waals surface area (Å²) in [4.78, 5) is 25.7. The Morgan fingerprint density at radius 3 is 2.33 bits per heavy atom. The van der Waals surface area contributed by atoms with Gasteiger partial charge in [0.05, 0.1) is 41.4 Å². The van der Waals surface area contributed by atoms with Crippen LogP contribution >= 0.6 is 12.8 Å². The molecule has 1 amide bonds. The van der Waals surface area contributed by atoms with E-state index >= 15 is 0 Å². The molecule has 0 aliphatic carbocycles. The molecule has 1 saturated heterocycles. The van der Waals surface area contributed by atoms with Gasteiger partial charge in [0.15, 0.2) is 0 Å². The Bertz CT molecular complexity index is 1540. The average molecular weight is 621 g/mol. The highest BCUT2D eigenvalue weighted by Gasteiger charge is 2.32. The maximum absolute atomic E-state index is 14.2. The molecule has 13 heteroatoms. The number of carbonyl (C=O) groups excluding carboxylic acids is 1. The van der Waals surface area contributed by atoms with Crippen LogP contribution in [0.4, 0.5) is 23.2 Å². The van der Waals surface area contributed by atoms with Crippen LogP contribution in [0.1, 0.15) is 29.3 Å². The van der Waals surface area contributed by atoms with Gasteiger partial charge in [-0.3, -0.25) is 14.3 Å². The standard InChI is InChI=1S/C28H25F4N3O2.CH5NS.CH2O2/c1-16-33-25-12-19(7-10-26(25)35(16)2)17-3-5-18(6-4-17)20-11-21(15-37-14-20)27(36)34-24-9-8-22(13-23(24)29)28(30,31)32;1-2-3;2-1-3/h3-10,12-13,20-21H,11,14-15H2,1-2H3,(H,34,36);2-3H,1H3;1H,(H,2,3). The summed E-state index contributed by atoms with van der Waals surface area (Å²) in [5.74, 6) is -1.28. The molecule has 4 aromatic rings. The second-order valence-corrected chi connectivity index (χ2v) is 10.2. The molecule has 0 spiro atoms. The summed E-state index contributed by atoms with van der Waals surface area (Å²) in [6, 6.07) is 16.3. The number of ether oxygens (including phenoxy) is 1. The molecule has 2 atom stereocenters. The lowest BCUT2D eigenvalue weighted by Crippen LogP contribution is -2.33. The summed E-state index contributed by atoms with van der Waals surface area (Å²) in [6.45, 7) is 2.32. The molecule has 5 rings (SSSR count). The minimum Gasteiger partial charge on any atom is -0.483 e. The van der Waals surface area contributed by atoms with Crippen molar-refractivity contribution < 1.29 is 37.0 Å². The Morgan fingerprint density at radius 2 is 1.72 bits per heavy atom. The van der Waals surface area contributed by atoms with E-state index in [4.69, 9.17) is 14.6 Å². The van der Waals surface area contributed by atoms with Gasteiger partial charge in [-0.05, 0) is 67.4 Å². The largest absolute Gasteiger partial charge is 0.483 e. The van der Waals surface area contributed by atoms with Crippen molar-refractivity contribution in [1.82, 2.24) is 14.3 Å². The zero-order valence-corrected chi connectivity index (χ0v) is 24.5. The fraction of sp³-hybridized carbons (Fsp3) is 0.300. The topological polar surface area (TPSA) is 105 Å². The van der Waals surface area contributed by atoms with Crippen molar-refractivity contribution in [3.8, 4) is 11.1 Å². The SMILES string of the molecule is CNS.Cc1nc2cc(-c3ccc(C4COCC(C(=O)Nc5ccc(C(F)(F)F)cc5F)C4)cc3)ccc2n1C.O=CO. The van der Waals surface area contributed by atoms with Gasteiger partial charge in [-0.2, -0.15) is 13.2 Å². The van der Waals surface area contributed by atoms with E-state index < -0.39 is 29.4 Å². The molecule has 43 heavy (non-hydrogen) atoms. The summed E-state index contributed by atoms with van der Waals surface area (Å²) >= 11 is 3.54. The summed E-state index contributed by atoms with van der Waals surface area (Å²) in [5.41, 5.74) is 3.70. The van der Waals surface area contributed by atoms with Crippen molar-refractivity contribution in [2.24, 2.45) is 13.0 Å². The summed E-state index contributed by atoms with van der Waals surface area (Å²) < 4.78 is 62.7. The van der Waals surface area contributed by atoms with E-state index in [0.717, 1.165) is 45.7 Å². The van der Waals surface area contributed by atoms with Crippen molar-refractivity contribution in [1.29, 1.82) is 0 Å². The van der Waals surface area contributed by atoms with Crippen molar-refractivity contribution in [3.05, 3.63) is 83.4 Å². The molecular formula is C30H32F4N4O4S. The number of halogens is 4. The van der Waals surface area contributed by atoms with Gasteiger partial charge in [0.25, 0.3) is 6.47 Å². The molecule has 8 nitrogen and oxygen atoms in total. The first-order valence-corrected chi connectivity index (χ1v) is 13.6. The van der Waals surface area contributed by atoms with Gasteiger partial charge in [0, 0.05) is 13.0 Å². The van der Waals surface area contributed by atoms with E-state index in [-0.39, 0.29) is 24.7 Å². The molecule has 1 aliphatic rings. The molecule has 1 aliphatic heterocycles. The fourth-order valence-corrected chi connectivity index (χ4v) is 4.72. The van der Waals surface area contributed by atoms with Crippen LogP contribution in [-0.2, 0) is 27.5 Å². The Hall–Kier alpha value is -3.94. The number of nitrogens with zero attached hydrogens (tertiary/aromatic N) is 2. The first-order chi connectivity index (χ1) is 20.4. The summed E-state index contributed by atoms with van der Waals surface area (Å²) in [7, 11) is 3.72. The number of benzene rings is 3. The normalized spacial score (nSPS) is 16.4. The van der Waals surface area contributed by atoms with Crippen LogP contribution in [0.5, 0.6) is 0 Å². The van der Waals surface area contributed by atoms with Crippen LogP contribution in [0.3, 0.4) is 0 Å². The Morgan fingerprint density at radius 1 is 1.09 bits per heavy atom. The monoisotopic (exact) mass is 620 g/mol. The van der Waals surface area contributed by atoms with Crippen LogP contribution in [0, 0.1) is 18.7 Å². The second-order valence-electron chi connectivity index (χ2n) is 9.72. The Kier molecular flexibility index (Phi) is 11.7. The minimum atomic E-state index is -4.66. The number of hydrogen-bond acceptors (Lipinski definition) is 6. The predicted octanol–water partition coefficient (Wildman–Crippen LogP) is 6.22. The van der Waals surface area contributed by atoms with Crippen LogP contribution < -0.4 is 10.0 Å². The zero-order chi connectivity index (χ0) is 31.7. The number of nitrogens with one attached hydrogen (secondary N) is 2. The number of imidazole rings is 1. The third kappa shape index (κ3) is 8.55. The van der Waals surface area contributed by atoms with E-state index in [2.05, 4.69) is 46.0 Å². The highest BCUT2D eigenvalue weighted by molar-refractivity contribution is 7.78. The van der Waals surface area contributed by atoms with Gasteiger partial charge in [-0.25, -0.2) is 9.37 Å². The number of rotatable bonds is 4. The lowest BCUT2D eigenvalue weighted by molar-refractivity contribution is -0.137. The lowest BCUT2D eigenvalue weighted by Gasteiger charge is -2.29. The maximum atomic E-state index is 14.2. The first-order valence-electron chi connectivity index (χ1n) is 13.1. The first kappa shape index (κ1) is 33.6. The van der Waals surface area contributed by atoms with Gasteiger partial charge in [-0.15, -0.1) is 0 Å². The van der Waals surface area contributed by atoms with Crippen molar-refractivity contribution in [2.75, 3.05) is 25.6 Å². The zero-order valence-electron chi connectivity index (χ0n) is 23.7. The third-order valence-corrected chi connectivity index (χ3v) is 6.95. The average Bonchev–Trinajstić information content (AvgIpc) is 3.26. The van der Waals surface area contributed by atoms with Gasteiger partial charge in [0.1, 0.15) is 11.6 Å². The van der Waals surface area contributed by atoms with E-state index in [0.29, 0.717) is 19.1 Å². The van der Waals surface area contributed by atoms with Crippen LogP contribution in [0.2, 0.25) is 0 Å². The van der Waals surface area contributed by atoms with Gasteiger partial charge >= 0.3 is 6.18 Å². The Balaban J connectivity index is 0.000000780. The number of hydrogen-bond donors (Lipinski definition) is 4. The number of carboxylic acid groups (broad SMARTS) is 1. The number of fused-ring (bicyclic) bond motifs is 1. The number of aromatic nitrogens is 2. The molecule has 0 saturated carbocycles. The number of alkyl halides is 3. The van der Waals surface area contributed by atoms with Crippen molar-refractivity contribution >= 4 is 41.9 Å². The van der Waals surface area contributed by atoms with Crippen molar-refractivity contribution in [3.63, 3.8) is 0 Å². The van der Waals surface area contributed by atoms with Crippen LogP contribution in [0.25, 0.3) is 22.2 Å². The highest BCUT2D eigenvalue weighted by atomic mass is 32.1. The van der Waals surface area contributed by atoms with E-state index in [9.17, 15) is 22.4 Å². The summed E-state index contributed by atoms with van der Waals surface area (Å²) in [6.07, 6.45) is -4.18. The molecule has 3 N–H and O–H groups in total. The Labute approximate surface area is 251 Å². The van der Waals surface area contributed by atoms with E-state index in [1.807, 2.05) is 42.8 Å². The minimum absolute atomic E-state index is 0.0445. The molecule has 0 radical (unpaired) electrons. The molecule has 1 fully saturated rings. The van der Waals surface area contributed by atoms with E-state index in [1.54, 1.807) is 7.05 Å². The molecule has 2 unspecified atom stereocenters. The number of aryl methyl sites for hydroxylation is 2. The smallest absolute Gasteiger partial charge is 0.416 e.